The summed E-state index contributed by atoms with van der Waals surface area (Å²) in [6.45, 7) is 0. The van der Waals surface area contributed by atoms with Crippen molar-refractivity contribution < 1.29 is 4.74 Å². The predicted octanol–water partition coefficient (Wildman–Crippen LogP) is 0.858. The summed E-state index contributed by atoms with van der Waals surface area (Å²) in [5.41, 5.74) is 3.29. The van der Waals surface area contributed by atoms with Crippen LogP contribution in [0.2, 0.25) is 0 Å². The largest absolute Gasteiger partial charge is 0.366 e. The third-order valence-corrected chi connectivity index (χ3v) is 2.01. The van der Waals surface area contributed by atoms with Gasteiger partial charge in [0.25, 0.3) is 0 Å². The second-order valence-corrected chi connectivity index (χ2v) is 2.57. The molecule has 1 heterocycles. The van der Waals surface area contributed by atoms with Crippen LogP contribution >= 0.6 is 0 Å². The third kappa shape index (κ3) is 0.201. The fraction of sp³-hybridized carbons (Fsp3) is 0.667. The molecule has 0 radical (unpaired) electrons. The highest BCUT2D eigenvalue weighted by Gasteiger charge is 2.52. The lowest BCUT2D eigenvalue weighted by molar-refractivity contribution is 0.129. The van der Waals surface area contributed by atoms with Crippen molar-refractivity contribution in [1.29, 1.82) is 0 Å². The molecule has 2 fully saturated rings. The van der Waals surface area contributed by atoms with E-state index in [1.54, 1.807) is 11.1 Å². The van der Waals surface area contributed by atoms with E-state index in [1.807, 2.05) is 0 Å². The van der Waals surface area contributed by atoms with Gasteiger partial charge in [0, 0.05) is 12.8 Å². The molecular formula is C6H6O. The molecule has 36 valence electrons. The van der Waals surface area contributed by atoms with Gasteiger partial charge in [-0.05, 0) is 11.1 Å². The second-order valence-electron chi connectivity index (χ2n) is 2.57. The summed E-state index contributed by atoms with van der Waals surface area (Å²) in [5.74, 6) is 0. The van der Waals surface area contributed by atoms with Crippen molar-refractivity contribution >= 4 is 0 Å². The summed E-state index contributed by atoms with van der Waals surface area (Å²) >= 11 is 0. The molecule has 0 bridgehead atoms. The Balaban J connectivity index is 2.29. The maximum absolute atomic E-state index is 5.44. The highest BCUT2D eigenvalue weighted by Crippen LogP contribution is 2.55. The van der Waals surface area contributed by atoms with E-state index in [0.717, 1.165) is 0 Å². The minimum Gasteiger partial charge on any atom is -0.366 e. The van der Waals surface area contributed by atoms with E-state index in [4.69, 9.17) is 4.74 Å². The van der Waals surface area contributed by atoms with Crippen molar-refractivity contribution in [3.63, 3.8) is 0 Å². The van der Waals surface area contributed by atoms with Gasteiger partial charge in [0.1, 0.15) is 0 Å². The normalized spacial score (nSPS) is 51.4. The molecule has 1 heteroatoms. The van der Waals surface area contributed by atoms with Crippen molar-refractivity contribution in [2.24, 2.45) is 0 Å². The highest BCUT2D eigenvalue weighted by atomic mass is 16.5. The summed E-state index contributed by atoms with van der Waals surface area (Å²) in [6.07, 6.45) is 3.78. The summed E-state index contributed by atoms with van der Waals surface area (Å²) < 4.78 is 5.44. The number of hydrogen-bond acceptors (Lipinski definition) is 1. The van der Waals surface area contributed by atoms with Crippen molar-refractivity contribution in [3.8, 4) is 0 Å². The molecule has 2 aliphatic carbocycles. The van der Waals surface area contributed by atoms with Crippen LogP contribution in [0.5, 0.6) is 0 Å². The van der Waals surface area contributed by atoms with E-state index in [-0.39, 0.29) is 0 Å². The molecule has 0 N–H and O–H groups in total. The van der Waals surface area contributed by atoms with Crippen LogP contribution in [0.1, 0.15) is 12.8 Å². The molecule has 0 spiro atoms. The van der Waals surface area contributed by atoms with Crippen LogP contribution in [0, 0.1) is 0 Å². The van der Waals surface area contributed by atoms with Gasteiger partial charge in [0.05, 0.1) is 12.2 Å². The standard InChI is InChI=1S/C6H6O/c1-3-4-2-6(4)7-5(1)3/h5-6H,1-2H2. The molecule has 1 aliphatic heterocycles. The third-order valence-electron chi connectivity index (χ3n) is 2.01. The lowest BCUT2D eigenvalue weighted by Crippen LogP contribution is -1.90. The van der Waals surface area contributed by atoms with E-state index in [0.29, 0.717) is 12.2 Å². The average molecular weight is 94.1 g/mol. The fourth-order valence-electron chi connectivity index (χ4n) is 1.42. The van der Waals surface area contributed by atoms with Gasteiger partial charge in [0.2, 0.25) is 0 Å². The first-order valence-corrected chi connectivity index (χ1v) is 2.82. The molecule has 3 rings (SSSR count). The minimum absolute atomic E-state index is 0.619. The zero-order chi connectivity index (χ0) is 4.43. The Morgan fingerprint density at radius 2 is 1.71 bits per heavy atom. The smallest absolute Gasteiger partial charge is 0.0836 e. The maximum atomic E-state index is 5.44. The summed E-state index contributed by atoms with van der Waals surface area (Å²) in [6, 6.07) is 0. The van der Waals surface area contributed by atoms with Gasteiger partial charge in [-0.25, -0.2) is 0 Å². The van der Waals surface area contributed by atoms with Gasteiger partial charge in [-0.2, -0.15) is 0 Å². The fourth-order valence-corrected chi connectivity index (χ4v) is 1.42. The van der Waals surface area contributed by atoms with Gasteiger partial charge >= 0.3 is 0 Å². The molecule has 2 saturated carbocycles. The average Bonchev–Trinajstić information content (AvgIpc) is 2.47. The summed E-state index contributed by atoms with van der Waals surface area (Å²) in [7, 11) is 0. The van der Waals surface area contributed by atoms with Gasteiger partial charge < -0.3 is 4.74 Å². The van der Waals surface area contributed by atoms with Crippen LogP contribution in [0.15, 0.2) is 11.1 Å². The number of fused-ring (bicyclic) bond motifs is 2. The van der Waals surface area contributed by atoms with E-state index >= 15 is 0 Å². The van der Waals surface area contributed by atoms with E-state index in [1.165, 1.54) is 12.8 Å². The summed E-state index contributed by atoms with van der Waals surface area (Å²) in [4.78, 5) is 0. The molecule has 0 saturated heterocycles. The molecule has 0 aromatic rings. The Labute approximate surface area is 42.0 Å². The van der Waals surface area contributed by atoms with Crippen molar-refractivity contribution in [3.05, 3.63) is 11.1 Å². The lowest BCUT2D eigenvalue weighted by atomic mass is 10.5. The number of ether oxygens (including phenoxy) is 1. The SMILES string of the molecule is C1C2=C3CC3OC12. The number of rotatable bonds is 0. The zero-order valence-electron chi connectivity index (χ0n) is 3.98. The first-order chi connectivity index (χ1) is 3.45. The van der Waals surface area contributed by atoms with Crippen molar-refractivity contribution in [2.45, 2.75) is 25.0 Å². The maximum Gasteiger partial charge on any atom is 0.0836 e. The van der Waals surface area contributed by atoms with Gasteiger partial charge in [-0.3, -0.25) is 0 Å². The Kier molecular flexibility index (Phi) is 0.239. The predicted molar refractivity (Wildman–Crippen MR) is 24.9 cm³/mol. The molecule has 1 nitrogen and oxygen atoms in total. The lowest BCUT2D eigenvalue weighted by Gasteiger charge is -1.88. The molecule has 0 aromatic heterocycles. The quantitative estimate of drug-likeness (QED) is 0.404. The Morgan fingerprint density at radius 3 is 2.00 bits per heavy atom. The van der Waals surface area contributed by atoms with Crippen molar-refractivity contribution in [1.82, 2.24) is 0 Å². The Morgan fingerprint density at radius 1 is 1.14 bits per heavy atom. The van der Waals surface area contributed by atoms with E-state index in [2.05, 4.69) is 0 Å². The Hall–Kier alpha value is -0.300. The zero-order valence-corrected chi connectivity index (χ0v) is 3.98. The van der Waals surface area contributed by atoms with Gasteiger partial charge in [-0.1, -0.05) is 0 Å². The van der Waals surface area contributed by atoms with Crippen LogP contribution in [-0.2, 0) is 4.74 Å². The molecular weight excluding hydrogens is 88.1 g/mol. The van der Waals surface area contributed by atoms with E-state index < -0.39 is 0 Å². The number of hydrogen-bond donors (Lipinski definition) is 0. The first kappa shape index (κ1) is 2.88. The molecule has 2 atom stereocenters. The Bertz CT molecular complexity index is 151. The topological polar surface area (TPSA) is 9.23 Å². The minimum atomic E-state index is 0.619. The molecule has 0 aromatic carbocycles. The molecule has 0 amide bonds. The van der Waals surface area contributed by atoms with Crippen LogP contribution < -0.4 is 0 Å². The van der Waals surface area contributed by atoms with Crippen LogP contribution in [0.3, 0.4) is 0 Å². The van der Waals surface area contributed by atoms with Crippen LogP contribution in [0.4, 0.5) is 0 Å². The monoisotopic (exact) mass is 94.0 g/mol. The van der Waals surface area contributed by atoms with E-state index in [9.17, 15) is 0 Å². The molecule has 3 aliphatic rings. The first-order valence-electron chi connectivity index (χ1n) is 2.82. The van der Waals surface area contributed by atoms with Crippen LogP contribution in [-0.4, -0.2) is 12.2 Å². The molecule has 2 unspecified atom stereocenters. The highest BCUT2D eigenvalue weighted by molar-refractivity contribution is 5.48. The van der Waals surface area contributed by atoms with Gasteiger partial charge in [0.15, 0.2) is 0 Å². The van der Waals surface area contributed by atoms with Gasteiger partial charge in [-0.15, -0.1) is 0 Å². The molecule has 7 heavy (non-hydrogen) atoms. The second kappa shape index (κ2) is 0.583. The van der Waals surface area contributed by atoms with Crippen molar-refractivity contribution in [2.75, 3.05) is 0 Å². The van der Waals surface area contributed by atoms with Crippen LogP contribution in [0.25, 0.3) is 0 Å². The summed E-state index contributed by atoms with van der Waals surface area (Å²) in [5, 5.41) is 0.